The summed E-state index contributed by atoms with van der Waals surface area (Å²) in [6.07, 6.45) is 2.76. The lowest BCUT2D eigenvalue weighted by molar-refractivity contribution is 0.0181. The van der Waals surface area contributed by atoms with Crippen molar-refractivity contribution < 1.29 is 32.1 Å². The molecule has 0 saturated carbocycles. The Kier molecular flexibility index (Phi) is 6.14. The minimum Gasteiger partial charge on any atom is -0.461 e. The van der Waals surface area contributed by atoms with E-state index in [1.807, 2.05) is 6.07 Å². The molecule has 2 aromatic carbocycles. The third-order valence-corrected chi connectivity index (χ3v) is 5.64. The molecule has 12 heteroatoms. The van der Waals surface area contributed by atoms with Crippen molar-refractivity contribution in [1.29, 1.82) is 5.26 Å². The summed E-state index contributed by atoms with van der Waals surface area (Å²) < 4.78 is 68.2. The number of ether oxygens (including phenoxy) is 2. The first-order valence-corrected chi connectivity index (χ1v) is 10.9. The Bertz CT molecular complexity index is 1540. The fourth-order valence-electron chi connectivity index (χ4n) is 3.74. The first-order valence-electron chi connectivity index (χ1n) is 10.9. The molecule has 0 fully saturated rings. The van der Waals surface area contributed by atoms with E-state index >= 15 is 8.78 Å². The van der Waals surface area contributed by atoms with E-state index in [0.29, 0.717) is 11.1 Å². The number of rotatable bonds is 5. The molecule has 0 aliphatic carbocycles. The number of aliphatic imine (C=N–C) groups is 1. The van der Waals surface area contributed by atoms with Gasteiger partial charge in [0.15, 0.2) is 28.8 Å². The Morgan fingerprint density at radius 1 is 1.16 bits per heavy atom. The first-order chi connectivity index (χ1) is 17.8. The minimum atomic E-state index is -2.03. The van der Waals surface area contributed by atoms with E-state index in [9.17, 15) is 14.0 Å². The van der Waals surface area contributed by atoms with Crippen LogP contribution < -0.4 is 10.1 Å². The maximum Gasteiger partial charge on any atom is 0.289 e. The number of fused-ring (bicyclic) bond motifs is 1. The van der Waals surface area contributed by atoms with Crippen molar-refractivity contribution in [3.05, 3.63) is 71.8 Å². The second kappa shape index (κ2) is 9.44. The smallest absolute Gasteiger partial charge is 0.289 e. The van der Waals surface area contributed by atoms with E-state index < -0.39 is 42.1 Å². The Balaban J connectivity index is 1.50. The van der Waals surface area contributed by atoms with Crippen LogP contribution in [0.5, 0.6) is 11.5 Å². The fourth-order valence-corrected chi connectivity index (χ4v) is 3.74. The molecule has 37 heavy (non-hydrogen) atoms. The van der Waals surface area contributed by atoms with Gasteiger partial charge in [0.05, 0.1) is 24.7 Å². The number of H-pyrrole nitrogens is 1. The highest BCUT2D eigenvalue weighted by Crippen LogP contribution is 2.40. The van der Waals surface area contributed by atoms with Gasteiger partial charge in [-0.05, 0) is 17.7 Å². The minimum absolute atomic E-state index is 0.0833. The van der Waals surface area contributed by atoms with Crippen LogP contribution in [0, 0.1) is 28.8 Å². The van der Waals surface area contributed by atoms with E-state index in [4.69, 9.17) is 14.6 Å². The average Bonchev–Trinajstić information content (AvgIpc) is 3.32. The molecule has 8 nitrogen and oxygen atoms in total. The van der Waals surface area contributed by atoms with Gasteiger partial charge < -0.3 is 24.9 Å². The zero-order chi connectivity index (χ0) is 26.2. The van der Waals surface area contributed by atoms with Crippen molar-refractivity contribution in [1.82, 2.24) is 9.97 Å². The maximum absolute atomic E-state index is 15.0. The molecular weight excluding hydrogens is 494 g/mol. The lowest BCUT2D eigenvalue weighted by atomic mass is 10.0. The number of nitrogens with zero attached hydrogens (tertiary/aromatic N) is 3. The molecule has 4 aromatic rings. The number of amidine groups is 1. The quantitative estimate of drug-likeness (QED) is 0.331. The summed E-state index contributed by atoms with van der Waals surface area (Å²) in [6.45, 7) is -1.65. The van der Waals surface area contributed by atoms with Crippen LogP contribution in [0.3, 0.4) is 0 Å². The molecule has 188 valence electrons. The van der Waals surface area contributed by atoms with Crippen LogP contribution in [-0.2, 0) is 4.74 Å². The number of aromatic amines is 1. The number of anilines is 1. The number of aromatic nitrogens is 2. The SMILES string of the molecule is N#Cc1cnc2[nH]cc(-c3ccc(F)cc3)c2c1Oc1c(F)cc(NC2=NCC(F)(CO)CO2)cc1F. The highest BCUT2D eigenvalue weighted by Gasteiger charge is 2.34. The Labute approximate surface area is 206 Å². The number of nitrogens with one attached hydrogen (secondary N) is 2. The number of hydrogen-bond donors (Lipinski definition) is 3. The number of halogens is 4. The third kappa shape index (κ3) is 4.64. The molecule has 2 aromatic heterocycles. The summed E-state index contributed by atoms with van der Waals surface area (Å²) in [4.78, 5) is 10.9. The summed E-state index contributed by atoms with van der Waals surface area (Å²) in [5.74, 6) is -3.59. The van der Waals surface area contributed by atoms with Crippen LogP contribution in [-0.4, -0.2) is 46.5 Å². The van der Waals surface area contributed by atoms with E-state index in [0.717, 1.165) is 12.1 Å². The van der Waals surface area contributed by atoms with Gasteiger partial charge >= 0.3 is 0 Å². The van der Waals surface area contributed by atoms with Gasteiger partial charge in [-0.2, -0.15) is 5.26 Å². The predicted molar refractivity (Wildman–Crippen MR) is 125 cm³/mol. The number of aliphatic hydroxyl groups excluding tert-OH is 1. The van der Waals surface area contributed by atoms with Gasteiger partial charge in [0.25, 0.3) is 6.02 Å². The number of benzene rings is 2. The van der Waals surface area contributed by atoms with Gasteiger partial charge in [0.2, 0.25) is 0 Å². The molecule has 5 rings (SSSR count). The molecular formula is C25H17F4N5O3. The summed E-state index contributed by atoms with van der Waals surface area (Å²) in [5, 5.41) is 21.5. The van der Waals surface area contributed by atoms with E-state index in [1.54, 1.807) is 6.20 Å². The molecule has 0 bridgehead atoms. The number of alkyl halides is 1. The predicted octanol–water partition coefficient (Wildman–Crippen LogP) is 4.81. The Morgan fingerprint density at radius 3 is 2.51 bits per heavy atom. The van der Waals surface area contributed by atoms with Gasteiger partial charge in [0.1, 0.15) is 29.7 Å². The van der Waals surface area contributed by atoms with Crippen molar-refractivity contribution in [2.24, 2.45) is 4.99 Å². The topological polar surface area (TPSA) is 116 Å². The molecule has 1 aliphatic rings. The molecule has 1 unspecified atom stereocenters. The van der Waals surface area contributed by atoms with Crippen molar-refractivity contribution in [2.75, 3.05) is 25.1 Å². The van der Waals surface area contributed by atoms with Crippen LogP contribution in [0.2, 0.25) is 0 Å². The number of pyridine rings is 1. The first kappa shape index (κ1) is 24.1. The van der Waals surface area contributed by atoms with Crippen molar-refractivity contribution in [3.63, 3.8) is 0 Å². The van der Waals surface area contributed by atoms with Gasteiger partial charge in [-0.3, -0.25) is 0 Å². The highest BCUT2D eigenvalue weighted by atomic mass is 19.1. The Hall–Kier alpha value is -4.63. The molecule has 3 N–H and O–H groups in total. The third-order valence-electron chi connectivity index (χ3n) is 5.64. The van der Waals surface area contributed by atoms with Crippen LogP contribution >= 0.6 is 0 Å². The average molecular weight is 511 g/mol. The van der Waals surface area contributed by atoms with Crippen molar-refractivity contribution >= 4 is 22.7 Å². The largest absolute Gasteiger partial charge is 0.461 e. The van der Waals surface area contributed by atoms with Gasteiger partial charge in [0, 0.05) is 29.6 Å². The van der Waals surface area contributed by atoms with Crippen LogP contribution in [0.25, 0.3) is 22.2 Å². The molecule has 1 atom stereocenters. The fraction of sp³-hybridized carbons (Fsp3) is 0.160. The van der Waals surface area contributed by atoms with Crippen LogP contribution in [0.4, 0.5) is 23.2 Å². The Morgan fingerprint density at radius 2 is 1.89 bits per heavy atom. The molecule has 1 aliphatic heterocycles. The molecule has 0 amide bonds. The zero-order valence-electron chi connectivity index (χ0n) is 18.9. The second-order valence-corrected chi connectivity index (χ2v) is 8.26. The lowest BCUT2D eigenvalue weighted by Gasteiger charge is -2.26. The molecule has 3 heterocycles. The van der Waals surface area contributed by atoms with Crippen LogP contribution in [0.15, 0.2) is 53.8 Å². The van der Waals surface area contributed by atoms with Crippen LogP contribution in [0.1, 0.15) is 5.56 Å². The van der Waals surface area contributed by atoms with E-state index in [-0.39, 0.29) is 40.6 Å². The second-order valence-electron chi connectivity index (χ2n) is 8.26. The van der Waals surface area contributed by atoms with Gasteiger partial charge in [-0.25, -0.2) is 27.5 Å². The van der Waals surface area contributed by atoms with Crippen molar-refractivity contribution in [3.8, 4) is 28.7 Å². The monoisotopic (exact) mass is 511 g/mol. The normalized spacial score (nSPS) is 17.1. The maximum atomic E-state index is 15.0. The van der Waals surface area contributed by atoms with Crippen molar-refractivity contribution in [2.45, 2.75) is 5.67 Å². The number of nitriles is 1. The summed E-state index contributed by atoms with van der Waals surface area (Å²) in [7, 11) is 0. The standard InChI is InChI=1S/C25H17F4N5O3/c26-15-3-1-13(2-4-15)17-9-32-23-20(17)21(14(7-30)8-31-23)37-22-18(27)5-16(6-19(22)28)34-24-33-10-25(29,11-35)12-36-24/h1-6,8-9,35H,10-12H2,(H,31,32)(H,33,34). The zero-order valence-corrected chi connectivity index (χ0v) is 18.9. The summed E-state index contributed by atoms with van der Waals surface area (Å²) in [5.41, 5.74) is -0.884. The molecule has 0 radical (unpaired) electrons. The number of hydrogen-bond acceptors (Lipinski definition) is 7. The van der Waals surface area contributed by atoms with E-state index in [2.05, 4.69) is 20.3 Å². The summed E-state index contributed by atoms with van der Waals surface area (Å²) in [6, 6.07) is 9.06. The van der Waals surface area contributed by atoms with Gasteiger partial charge in [-0.1, -0.05) is 12.1 Å². The summed E-state index contributed by atoms with van der Waals surface area (Å²) >= 11 is 0. The highest BCUT2D eigenvalue weighted by molar-refractivity contribution is 5.99. The number of aliphatic hydroxyl groups is 1. The lowest BCUT2D eigenvalue weighted by Crippen LogP contribution is -2.43. The molecule has 0 saturated heterocycles. The van der Waals surface area contributed by atoms with E-state index in [1.165, 1.54) is 30.5 Å². The van der Waals surface area contributed by atoms with Gasteiger partial charge in [-0.15, -0.1) is 0 Å². The molecule has 0 spiro atoms.